The maximum Gasteiger partial charge on any atom is 0.0443 e. The van der Waals surface area contributed by atoms with E-state index in [0.717, 1.165) is 24.8 Å². The lowest BCUT2D eigenvalue weighted by Gasteiger charge is -2.34. The van der Waals surface area contributed by atoms with Gasteiger partial charge in [0.15, 0.2) is 0 Å². The second kappa shape index (κ2) is 5.61. The Morgan fingerprint density at radius 1 is 1.31 bits per heavy atom. The molecule has 2 heteroatoms. The van der Waals surface area contributed by atoms with Crippen LogP contribution in [0.4, 0.5) is 0 Å². The van der Waals surface area contributed by atoms with Crippen LogP contribution in [0.5, 0.6) is 0 Å². The van der Waals surface area contributed by atoms with Gasteiger partial charge >= 0.3 is 0 Å². The minimum atomic E-state index is 0.309. The van der Waals surface area contributed by atoms with Gasteiger partial charge in [0.2, 0.25) is 0 Å². The smallest absolute Gasteiger partial charge is 0.0443 e. The topological polar surface area (TPSA) is 32.3 Å². The summed E-state index contributed by atoms with van der Waals surface area (Å²) in [7, 11) is 0. The van der Waals surface area contributed by atoms with E-state index in [4.69, 9.17) is 5.11 Å². The Bertz CT molecular complexity index is 138. The maximum atomic E-state index is 8.67. The molecule has 2 nitrogen and oxygen atoms in total. The van der Waals surface area contributed by atoms with Gasteiger partial charge in [0.05, 0.1) is 0 Å². The van der Waals surface area contributed by atoms with Crippen LogP contribution in [0.1, 0.15) is 39.5 Å². The van der Waals surface area contributed by atoms with Crippen molar-refractivity contribution >= 4 is 0 Å². The zero-order valence-electron chi connectivity index (χ0n) is 8.92. The molecule has 0 bridgehead atoms. The lowest BCUT2D eigenvalue weighted by Crippen LogP contribution is -2.41. The number of aliphatic hydroxyl groups excluding tert-OH is 1. The Morgan fingerprint density at radius 3 is 2.77 bits per heavy atom. The van der Waals surface area contributed by atoms with E-state index in [1.807, 2.05) is 0 Å². The molecule has 0 amide bonds. The average molecular weight is 185 g/mol. The highest BCUT2D eigenvalue weighted by molar-refractivity contribution is 4.81. The fourth-order valence-corrected chi connectivity index (χ4v) is 2.24. The molecule has 1 aliphatic carbocycles. The van der Waals surface area contributed by atoms with E-state index in [-0.39, 0.29) is 0 Å². The van der Waals surface area contributed by atoms with Crippen LogP contribution in [-0.2, 0) is 0 Å². The highest BCUT2D eigenvalue weighted by Crippen LogP contribution is 2.29. The molecule has 1 aliphatic rings. The van der Waals surface area contributed by atoms with E-state index >= 15 is 0 Å². The van der Waals surface area contributed by atoms with E-state index < -0.39 is 0 Å². The minimum absolute atomic E-state index is 0.309. The minimum Gasteiger partial charge on any atom is -0.396 e. The van der Waals surface area contributed by atoms with E-state index in [9.17, 15) is 0 Å². The zero-order valence-corrected chi connectivity index (χ0v) is 8.92. The van der Waals surface area contributed by atoms with Crippen molar-refractivity contribution in [2.24, 2.45) is 11.8 Å². The third-order valence-corrected chi connectivity index (χ3v) is 3.45. The summed E-state index contributed by atoms with van der Waals surface area (Å²) in [5.74, 6) is 1.66. The standard InChI is InChI=1S/C11H23NO/c1-9-5-3-6-11(10(9)2)12-7-4-8-13/h9-13H,3-8H2,1-2H3. The fraction of sp³-hybridized carbons (Fsp3) is 1.00. The van der Waals surface area contributed by atoms with Gasteiger partial charge in [-0.05, 0) is 31.2 Å². The molecule has 1 fully saturated rings. The van der Waals surface area contributed by atoms with Gasteiger partial charge in [-0.15, -0.1) is 0 Å². The number of hydrogen-bond donors (Lipinski definition) is 2. The summed E-state index contributed by atoms with van der Waals surface area (Å²) in [5.41, 5.74) is 0. The van der Waals surface area contributed by atoms with Gasteiger partial charge in [-0.2, -0.15) is 0 Å². The zero-order chi connectivity index (χ0) is 9.68. The van der Waals surface area contributed by atoms with Crippen LogP contribution in [0.3, 0.4) is 0 Å². The predicted octanol–water partition coefficient (Wildman–Crippen LogP) is 1.78. The van der Waals surface area contributed by atoms with Gasteiger partial charge in [0.25, 0.3) is 0 Å². The van der Waals surface area contributed by atoms with Gasteiger partial charge in [0, 0.05) is 12.6 Å². The van der Waals surface area contributed by atoms with Crippen LogP contribution in [0.2, 0.25) is 0 Å². The molecule has 0 heterocycles. The van der Waals surface area contributed by atoms with Crippen molar-refractivity contribution in [3.63, 3.8) is 0 Å². The van der Waals surface area contributed by atoms with Crippen LogP contribution >= 0.6 is 0 Å². The molecule has 0 spiro atoms. The maximum absolute atomic E-state index is 8.67. The molecule has 0 aliphatic heterocycles. The van der Waals surface area contributed by atoms with E-state index in [2.05, 4.69) is 19.2 Å². The van der Waals surface area contributed by atoms with Crippen LogP contribution in [-0.4, -0.2) is 24.3 Å². The summed E-state index contributed by atoms with van der Waals surface area (Å²) in [6.45, 7) is 5.98. The van der Waals surface area contributed by atoms with Gasteiger partial charge in [-0.1, -0.05) is 26.7 Å². The van der Waals surface area contributed by atoms with Crippen molar-refractivity contribution in [1.29, 1.82) is 0 Å². The third kappa shape index (κ3) is 3.28. The van der Waals surface area contributed by atoms with Crippen LogP contribution < -0.4 is 5.32 Å². The molecular formula is C11H23NO. The quantitative estimate of drug-likeness (QED) is 0.654. The highest BCUT2D eigenvalue weighted by Gasteiger charge is 2.25. The predicted molar refractivity (Wildman–Crippen MR) is 55.7 cm³/mol. The van der Waals surface area contributed by atoms with Crippen LogP contribution in [0.15, 0.2) is 0 Å². The fourth-order valence-electron chi connectivity index (χ4n) is 2.24. The molecule has 78 valence electrons. The molecule has 3 atom stereocenters. The summed E-state index contributed by atoms with van der Waals surface area (Å²) in [6, 6.07) is 0.690. The third-order valence-electron chi connectivity index (χ3n) is 3.45. The number of hydrogen-bond acceptors (Lipinski definition) is 2. The summed E-state index contributed by atoms with van der Waals surface area (Å²) >= 11 is 0. The van der Waals surface area contributed by atoms with Crippen molar-refractivity contribution in [1.82, 2.24) is 5.32 Å². The molecule has 0 radical (unpaired) electrons. The first kappa shape index (κ1) is 11.0. The molecule has 13 heavy (non-hydrogen) atoms. The van der Waals surface area contributed by atoms with Gasteiger partial charge < -0.3 is 10.4 Å². The lowest BCUT2D eigenvalue weighted by atomic mass is 9.78. The van der Waals surface area contributed by atoms with Crippen molar-refractivity contribution in [2.45, 2.75) is 45.6 Å². The van der Waals surface area contributed by atoms with Gasteiger partial charge in [-0.25, -0.2) is 0 Å². The molecule has 1 saturated carbocycles. The summed E-state index contributed by atoms with van der Waals surface area (Å²) < 4.78 is 0. The number of nitrogens with one attached hydrogen (secondary N) is 1. The van der Waals surface area contributed by atoms with E-state index in [1.54, 1.807) is 0 Å². The normalized spacial score (nSPS) is 34.8. The first-order valence-corrected chi connectivity index (χ1v) is 5.60. The Morgan fingerprint density at radius 2 is 2.08 bits per heavy atom. The van der Waals surface area contributed by atoms with E-state index in [0.29, 0.717) is 12.6 Å². The molecule has 0 saturated heterocycles. The monoisotopic (exact) mass is 185 g/mol. The largest absolute Gasteiger partial charge is 0.396 e. The molecule has 0 aromatic rings. The molecule has 3 unspecified atom stereocenters. The summed E-state index contributed by atoms with van der Waals surface area (Å²) in [5, 5.41) is 12.2. The number of aliphatic hydroxyl groups is 1. The Labute approximate surface area is 81.7 Å². The van der Waals surface area contributed by atoms with Gasteiger partial charge in [-0.3, -0.25) is 0 Å². The van der Waals surface area contributed by atoms with Crippen molar-refractivity contribution < 1.29 is 5.11 Å². The Hall–Kier alpha value is -0.0800. The van der Waals surface area contributed by atoms with E-state index in [1.165, 1.54) is 19.3 Å². The molecule has 2 N–H and O–H groups in total. The Kier molecular flexibility index (Phi) is 4.74. The second-order valence-corrected chi connectivity index (χ2v) is 4.41. The molecular weight excluding hydrogens is 162 g/mol. The van der Waals surface area contributed by atoms with Crippen molar-refractivity contribution in [3.05, 3.63) is 0 Å². The molecule has 1 rings (SSSR count). The number of rotatable bonds is 4. The SMILES string of the molecule is CC1CCCC(NCCCO)C1C. The first-order valence-electron chi connectivity index (χ1n) is 5.60. The van der Waals surface area contributed by atoms with Crippen LogP contribution in [0.25, 0.3) is 0 Å². The Balaban J connectivity index is 2.23. The highest BCUT2D eigenvalue weighted by atomic mass is 16.3. The van der Waals surface area contributed by atoms with Crippen molar-refractivity contribution in [2.75, 3.05) is 13.2 Å². The second-order valence-electron chi connectivity index (χ2n) is 4.41. The summed E-state index contributed by atoms with van der Waals surface area (Å²) in [4.78, 5) is 0. The van der Waals surface area contributed by atoms with Gasteiger partial charge in [0.1, 0.15) is 0 Å². The lowest BCUT2D eigenvalue weighted by molar-refractivity contribution is 0.201. The summed E-state index contributed by atoms with van der Waals surface area (Å²) in [6.07, 6.45) is 4.95. The average Bonchev–Trinajstić information content (AvgIpc) is 2.13. The first-order chi connectivity index (χ1) is 6.25. The molecule has 0 aromatic heterocycles. The van der Waals surface area contributed by atoms with Crippen molar-refractivity contribution in [3.8, 4) is 0 Å². The molecule has 0 aromatic carbocycles. The van der Waals surface area contributed by atoms with Crippen LogP contribution in [0, 0.1) is 11.8 Å².